The highest BCUT2D eigenvalue weighted by Gasteiger charge is 2.44. The molecule has 1 aliphatic heterocycles. The summed E-state index contributed by atoms with van der Waals surface area (Å²) in [4.78, 5) is 20.4. The number of aromatic nitrogens is 5. The Kier molecular flexibility index (Phi) is 3.99. The van der Waals surface area contributed by atoms with Crippen molar-refractivity contribution in [3.05, 3.63) is 30.9 Å². The van der Waals surface area contributed by atoms with Crippen LogP contribution in [0.25, 0.3) is 22.6 Å². The standard InChI is InChI=1S/C16H16N8S/c1-2-25-24-8-16(7-17,9-24)23-12-4-6-19-15(22-12)13-11-3-5-18-14(11)21-10-20-13/h3-6,10H,2,8-9H2,1H3,(H,18,20,21)(H,19,22,23). The van der Waals surface area contributed by atoms with Crippen LogP contribution in [0.1, 0.15) is 6.92 Å². The lowest BCUT2D eigenvalue weighted by Gasteiger charge is -2.44. The fourth-order valence-electron chi connectivity index (χ4n) is 2.85. The summed E-state index contributed by atoms with van der Waals surface area (Å²) in [5.41, 5.74) is 0.799. The SMILES string of the molecule is CCSN1CC(C#N)(Nc2ccnc(-c3ncnc4[nH]ccc34)n2)C1. The molecule has 0 radical (unpaired) electrons. The molecule has 0 spiro atoms. The molecule has 8 nitrogen and oxygen atoms in total. The highest BCUT2D eigenvalue weighted by Crippen LogP contribution is 2.30. The predicted octanol–water partition coefficient (Wildman–Crippen LogP) is 2.07. The normalized spacial score (nSPS) is 16.3. The minimum absolute atomic E-state index is 0.504. The van der Waals surface area contributed by atoms with Crippen molar-refractivity contribution < 1.29 is 0 Å². The highest BCUT2D eigenvalue weighted by atomic mass is 32.2. The Morgan fingerprint density at radius 2 is 2.24 bits per heavy atom. The van der Waals surface area contributed by atoms with E-state index >= 15 is 0 Å². The molecule has 1 fully saturated rings. The van der Waals surface area contributed by atoms with Gasteiger partial charge in [0.1, 0.15) is 23.5 Å². The lowest BCUT2D eigenvalue weighted by Crippen LogP contribution is -2.62. The van der Waals surface area contributed by atoms with Gasteiger partial charge in [0.15, 0.2) is 11.4 Å². The number of hydrogen-bond donors (Lipinski definition) is 2. The molecule has 0 saturated carbocycles. The van der Waals surface area contributed by atoms with Gasteiger partial charge in [-0.1, -0.05) is 18.9 Å². The number of nitrogens with zero attached hydrogens (tertiary/aromatic N) is 6. The molecule has 0 amide bonds. The van der Waals surface area contributed by atoms with Crippen molar-refractivity contribution in [3.63, 3.8) is 0 Å². The van der Waals surface area contributed by atoms with Crippen LogP contribution in [0.5, 0.6) is 0 Å². The summed E-state index contributed by atoms with van der Waals surface area (Å²) in [6.45, 7) is 3.43. The third-order valence-corrected chi connectivity index (χ3v) is 4.89. The first-order chi connectivity index (χ1) is 12.2. The molecule has 126 valence electrons. The largest absolute Gasteiger partial charge is 0.350 e. The van der Waals surface area contributed by atoms with E-state index in [1.165, 1.54) is 6.33 Å². The van der Waals surface area contributed by atoms with E-state index in [4.69, 9.17) is 0 Å². The van der Waals surface area contributed by atoms with Crippen molar-refractivity contribution >= 4 is 28.8 Å². The van der Waals surface area contributed by atoms with Crippen molar-refractivity contribution in [3.8, 4) is 17.6 Å². The Balaban J connectivity index is 1.60. The molecular weight excluding hydrogens is 336 g/mol. The molecule has 3 aromatic heterocycles. The van der Waals surface area contributed by atoms with E-state index in [1.807, 2.05) is 12.3 Å². The van der Waals surface area contributed by atoms with Crippen LogP contribution in [0.3, 0.4) is 0 Å². The van der Waals surface area contributed by atoms with E-state index in [9.17, 15) is 5.26 Å². The number of nitriles is 1. The number of nitrogens with one attached hydrogen (secondary N) is 2. The van der Waals surface area contributed by atoms with Crippen LogP contribution in [0.2, 0.25) is 0 Å². The van der Waals surface area contributed by atoms with Crippen LogP contribution in [0.4, 0.5) is 5.82 Å². The molecule has 0 aliphatic carbocycles. The van der Waals surface area contributed by atoms with Gasteiger partial charge in [-0.25, -0.2) is 24.2 Å². The summed E-state index contributed by atoms with van der Waals surface area (Å²) < 4.78 is 2.17. The molecule has 3 aromatic rings. The van der Waals surface area contributed by atoms with Gasteiger partial charge in [0.2, 0.25) is 0 Å². The first kappa shape index (κ1) is 15.8. The molecule has 25 heavy (non-hydrogen) atoms. The molecule has 2 N–H and O–H groups in total. The third-order valence-electron chi connectivity index (χ3n) is 4.01. The molecule has 0 unspecified atom stereocenters. The van der Waals surface area contributed by atoms with Crippen molar-refractivity contribution in [2.24, 2.45) is 0 Å². The van der Waals surface area contributed by atoms with Gasteiger partial charge < -0.3 is 10.3 Å². The lowest BCUT2D eigenvalue weighted by atomic mass is 9.94. The van der Waals surface area contributed by atoms with Crippen LogP contribution in [-0.2, 0) is 0 Å². The molecule has 1 saturated heterocycles. The van der Waals surface area contributed by atoms with Crippen LogP contribution < -0.4 is 5.32 Å². The van der Waals surface area contributed by atoms with E-state index in [1.54, 1.807) is 24.2 Å². The minimum Gasteiger partial charge on any atom is -0.350 e. The molecular formula is C16H16N8S. The van der Waals surface area contributed by atoms with Crippen LogP contribution in [-0.4, -0.2) is 53.6 Å². The topological polar surface area (TPSA) is 106 Å². The number of aromatic amines is 1. The summed E-state index contributed by atoms with van der Waals surface area (Å²) in [5.74, 6) is 2.12. The molecule has 0 bridgehead atoms. The van der Waals surface area contributed by atoms with Crippen molar-refractivity contribution in [2.75, 3.05) is 24.2 Å². The average Bonchev–Trinajstić information content (AvgIpc) is 3.08. The summed E-state index contributed by atoms with van der Waals surface area (Å²) >= 11 is 1.74. The summed E-state index contributed by atoms with van der Waals surface area (Å²) in [6.07, 6.45) is 4.97. The lowest BCUT2D eigenvalue weighted by molar-refractivity contribution is 0.248. The van der Waals surface area contributed by atoms with Gasteiger partial charge in [-0.15, -0.1) is 0 Å². The zero-order valence-corrected chi connectivity index (χ0v) is 14.4. The smallest absolute Gasteiger partial charge is 0.180 e. The van der Waals surface area contributed by atoms with Crippen LogP contribution in [0.15, 0.2) is 30.9 Å². The minimum atomic E-state index is -0.608. The Hall–Kier alpha value is -2.70. The highest BCUT2D eigenvalue weighted by molar-refractivity contribution is 7.97. The fraction of sp³-hybridized carbons (Fsp3) is 0.312. The number of hydrogen-bond acceptors (Lipinski definition) is 8. The Labute approximate surface area is 148 Å². The van der Waals surface area contributed by atoms with Gasteiger partial charge in [0.05, 0.1) is 6.07 Å². The van der Waals surface area contributed by atoms with E-state index in [0.717, 1.165) is 16.8 Å². The van der Waals surface area contributed by atoms with Crippen molar-refractivity contribution in [1.29, 1.82) is 5.26 Å². The number of anilines is 1. The maximum atomic E-state index is 9.57. The molecule has 4 heterocycles. The number of H-pyrrole nitrogens is 1. The summed E-state index contributed by atoms with van der Waals surface area (Å²) in [7, 11) is 0. The van der Waals surface area contributed by atoms with Gasteiger partial charge in [-0.3, -0.25) is 0 Å². The average molecular weight is 352 g/mol. The van der Waals surface area contributed by atoms with Gasteiger partial charge in [-0.2, -0.15) is 5.26 Å². The monoisotopic (exact) mass is 352 g/mol. The Bertz CT molecular complexity index is 940. The molecule has 0 aromatic carbocycles. The fourth-order valence-corrected chi connectivity index (χ4v) is 3.83. The number of fused-ring (bicyclic) bond motifs is 1. The van der Waals surface area contributed by atoms with E-state index in [0.29, 0.717) is 30.4 Å². The summed E-state index contributed by atoms with van der Waals surface area (Å²) in [5, 5.41) is 13.7. The second-order valence-electron chi connectivity index (χ2n) is 5.76. The van der Waals surface area contributed by atoms with Crippen molar-refractivity contribution in [2.45, 2.75) is 12.5 Å². The third kappa shape index (κ3) is 2.90. The van der Waals surface area contributed by atoms with E-state index in [2.05, 4.69) is 47.5 Å². The second kappa shape index (κ2) is 6.31. The quantitative estimate of drug-likeness (QED) is 0.672. The number of rotatable bonds is 5. The molecule has 9 heteroatoms. The Morgan fingerprint density at radius 3 is 3.04 bits per heavy atom. The summed E-state index contributed by atoms with van der Waals surface area (Å²) in [6, 6.07) is 6.05. The first-order valence-electron chi connectivity index (χ1n) is 7.92. The maximum Gasteiger partial charge on any atom is 0.180 e. The molecule has 4 rings (SSSR count). The molecule has 0 atom stereocenters. The predicted molar refractivity (Wildman–Crippen MR) is 96.6 cm³/mol. The van der Waals surface area contributed by atoms with Gasteiger partial charge in [0, 0.05) is 36.6 Å². The molecule has 1 aliphatic rings. The second-order valence-corrected chi connectivity index (χ2v) is 7.11. The van der Waals surface area contributed by atoms with Crippen molar-refractivity contribution in [1.82, 2.24) is 29.2 Å². The first-order valence-corrected chi connectivity index (χ1v) is 8.86. The zero-order chi connectivity index (χ0) is 17.3. The maximum absolute atomic E-state index is 9.57. The Morgan fingerprint density at radius 1 is 1.36 bits per heavy atom. The zero-order valence-electron chi connectivity index (χ0n) is 13.6. The van der Waals surface area contributed by atoms with Crippen LogP contribution >= 0.6 is 11.9 Å². The van der Waals surface area contributed by atoms with Gasteiger partial charge in [-0.05, 0) is 12.1 Å². The van der Waals surface area contributed by atoms with Gasteiger partial charge >= 0.3 is 0 Å². The van der Waals surface area contributed by atoms with E-state index in [-0.39, 0.29) is 0 Å². The van der Waals surface area contributed by atoms with Gasteiger partial charge in [0.25, 0.3) is 0 Å². The van der Waals surface area contributed by atoms with E-state index < -0.39 is 5.54 Å². The van der Waals surface area contributed by atoms with Crippen LogP contribution in [0, 0.1) is 11.3 Å².